The minimum atomic E-state index is 0.353. The third-order valence-corrected chi connectivity index (χ3v) is 3.59. The largest absolute Gasteiger partial charge is 0.339 e. The van der Waals surface area contributed by atoms with Crippen LogP contribution in [0.25, 0.3) is 0 Å². The molecule has 0 saturated heterocycles. The van der Waals surface area contributed by atoms with E-state index in [1.165, 1.54) is 38.5 Å². The smallest absolute Gasteiger partial charge is 0.119 e. The Kier molecular flexibility index (Phi) is 6.67. The van der Waals surface area contributed by atoms with E-state index in [0.29, 0.717) is 11.6 Å². The van der Waals surface area contributed by atoms with E-state index in [0.717, 1.165) is 13.1 Å². The quantitative estimate of drug-likeness (QED) is 0.611. The highest BCUT2D eigenvalue weighted by Crippen LogP contribution is 2.28. The Balaban J connectivity index is 2.50. The molecule has 3 heteroatoms. The standard InChI is InChI=1S/C16H33N3/c1-6-8-9-10-12-19-15(13-16(3,4)5)18(11-7-2)14-17-19/h14-15H,6-13H2,1-5H3. The van der Waals surface area contributed by atoms with Crippen molar-refractivity contribution in [2.24, 2.45) is 10.5 Å². The van der Waals surface area contributed by atoms with Gasteiger partial charge in [-0.05, 0) is 24.7 Å². The molecular weight excluding hydrogens is 234 g/mol. The molecule has 0 N–H and O–H groups in total. The van der Waals surface area contributed by atoms with Gasteiger partial charge in [0.05, 0.1) is 0 Å². The van der Waals surface area contributed by atoms with Crippen LogP contribution in [0.3, 0.4) is 0 Å². The van der Waals surface area contributed by atoms with E-state index in [9.17, 15) is 0 Å². The molecule has 0 aliphatic carbocycles. The molecule has 3 nitrogen and oxygen atoms in total. The average Bonchev–Trinajstić information content (AvgIpc) is 2.67. The second kappa shape index (κ2) is 7.76. The fourth-order valence-corrected chi connectivity index (χ4v) is 2.60. The fraction of sp³-hybridized carbons (Fsp3) is 0.938. The van der Waals surface area contributed by atoms with E-state index in [2.05, 4.69) is 56.0 Å². The number of rotatable bonds is 8. The van der Waals surface area contributed by atoms with Crippen LogP contribution in [0.4, 0.5) is 0 Å². The molecular formula is C16H33N3. The highest BCUT2D eigenvalue weighted by molar-refractivity contribution is 5.57. The fourth-order valence-electron chi connectivity index (χ4n) is 2.60. The minimum Gasteiger partial charge on any atom is -0.339 e. The van der Waals surface area contributed by atoms with Gasteiger partial charge in [-0.1, -0.05) is 53.9 Å². The van der Waals surface area contributed by atoms with Crippen LogP contribution in [0.5, 0.6) is 0 Å². The van der Waals surface area contributed by atoms with Crippen molar-refractivity contribution in [3.63, 3.8) is 0 Å². The Morgan fingerprint density at radius 1 is 1.00 bits per heavy atom. The molecule has 1 heterocycles. The first-order chi connectivity index (χ1) is 8.98. The van der Waals surface area contributed by atoms with Gasteiger partial charge < -0.3 is 4.90 Å². The zero-order valence-electron chi connectivity index (χ0n) is 13.7. The Labute approximate surface area is 120 Å². The van der Waals surface area contributed by atoms with Gasteiger partial charge in [0.2, 0.25) is 0 Å². The zero-order chi connectivity index (χ0) is 14.3. The number of hydrogen-bond donors (Lipinski definition) is 0. The van der Waals surface area contributed by atoms with Crippen LogP contribution in [-0.4, -0.2) is 35.5 Å². The monoisotopic (exact) mass is 267 g/mol. The van der Waals surface area contributed by atoms with Crippen LogP contribution in [0, 0.1) is 5.41 Å². The van der Waals surface area contributed by atoms with E-state index in [1.807, 2.05) is 0 Å². The van der Waals surface area contributed by atoms with Gasteiger partial charge in [-0.2, -0.15) is 5.10 Å². The van der Waals surface area contributed by atoms with Crippen molar-refractivity contribution in [3.8, 4) is 0 Å². The molecule has 1 unspecified atom stereocenters. The van der Waals surface area contributed by atoms with Crippen molar-refractivity contribution in [1.29, 1.82) is 0 Å². The van der Waals surface area contributed by atoms with Crippen LogP contribution in [0.15, 0.2) is 5.10 Å². The highest BCUT2D eigenvalue weighted by Gasteiger charge is 2.30. The van der Waals surface area contributed by atoms with Crippen molar-refractivity contribution >= 4 is 6.34 Å². The lowest BCUT2D eigenvalue weighted by atomic mass is 9.90. The number of nitrogens with zero attached hydrogens (tertiary/aromatic N) is 3. The average molecular weight is 267 g/mol. The summed E-state index contributed by atoms with van der Waals surface area (Å²) < 4.78 is 0. The molecule has 1 atom stereocenters. The van der Waals surface area contributed by atoms with Crippen molar-refractivity contribution in [2.45, 2.75) is 79.3 Å². The predicted octanol–water partition coefficient (Wildman–Crippen LogP) is 4.30. The summed E-state index contributed by atoms with van der Waals surface area (Å²) in [6.07, 6.45) is 10.2. The van der Waals surface area contributed by atoms with Crippen molar-refractivity contribution < 1.29 is 0 Å². The summed E-state index contributed by atoms with van der Waals surface area (Å²) in [6, 6.07) is 0. The highest BCUT2D eigenvalue weighted by atomic mass is 15.6. The molecule has 0 saturated carbocycles. The van der Waals surface area contributed by atoms with Crippen LogP contribution in [0.1, 0.15) is 73.1 Å². The maximum absolute atomic E-state index is 4.63. The normalized spacial score (nSPS) is 19.5. The maximum Gasteiger partial charge on any atom is 0.119 e. The molecule has 0 fully saturated rings. The summed E-state index contributed by atoms with van der Waals surface area (Å²) in [5.74, 6) is 0. The molecule has 0 aromatic heterocycles. The first-order valence-corrected chi connectivity index (χ1v) is 8.04. The third-order valence-electron chi connectivity index (χ3n) is 3.59. The lowest BCUT2D eigenvalue weighted by Crippen LogP contribution is -2.42. The van der Waals surface area contributed by atoms with Gasteiger partial charge >= 0.3 is 0 Å². The second-order valence-electron chi connectivity index (χ2n) is 6.94. The summed E-state index contributed by atoms with van der Waals surface area (Å²) in [6.45, 7) is 13.7. The molecule has 0 aromatic rings. The number of hydrogen-bond acceptors (Lipinski definition) is 3. The van der Waals surface area contributed by atoms with Crippen molar-refractivity contribution in [2.75, 3.05) is 13.1 Å². The molecule has 1 aliphatic rings. The maximum atomic E-state index is 4.63. The molecule has 0 amide bonds. The number of unbranched alkanes of at least 4 members (excludes halogenated alkanes) is 3. The van der Waals surface area contributed by atoms with Crippen molar-refractivity contribution in [3.05, 3.63) is 0 Å². The van der Waals surface area contributed by atoms with Gasteiger partial charge in [0, 0.05) is 13.1 Å². The van der Waals surface area contributed by atoms with Crippen LogP contribution in [0.2, 0.25) is 0 Å². The topological polar surface area (TPSA) is 18.8 Å². The van der Waals surface area contributed by atoms with Crippen LogP contribution < -0.4 is 0 Å². The summed E-state index contributed by atoms with van der Waals surface area (Å²) in [7, 11) is 0. The molecule has 0 aromatic carbocycles. The van der Waals surface area contributed by atoms with E-state index in [4.69, 9.17) is 0 Å². The molecule has 0 radical (unpaired) electrons. The van der Waals surface area contributed by atoms with Gasteiger partial charge in [-0.15, -0.1) is 0 Å². The summed E-state index contributed by atoms with van der Waals surface area (Å²) in [5.41, 5.74) is 0.353. The van der Waals surface area contributed by atoms with E-state index in [1.54, 1.807) is 0 Å². The lowest BCUT2D eigenvalue weighted by Gasteiger charge is -2.35. The van der Waals surface area contributed by atoms with Gasteiger partial charge in [0.25, 0.3) is 0 Å². The van der Waals surface area contributed by atoms with E-state index in [-0.39, 0.29) is 0 Å². The SMILES string of the molecule is CCCCCCN1N=CN(CCC)C1CC(C)(C)C. The van der Waals surface area contributed by atoms with Gasteiger partial charge in [0.1, 0.15) is 12.5 Å². The van der Waals surface area contributed by atoms with Gasteiger partial charge in [-0.3, -0.25) is 5.01 Å². The first kappa shape index (κ1) is 16.3. The van der Waals surface area contributed by atoms with Gasteiger partial charge in [-0.25, -0.2) is 0 Å². The Hall–Kier alpha value is -0.730. The molecule has 19 heavy (non-hydrogen) atoms. The Morgan fingerprint density at radius 3 is 2.32 bits per heavy atom. The lowest BCUT2D eigenvalue weighted by molar-refractivity contribution is 0.0868. The molecule has 0 bridgehead atoms. The Morgan fingerprint density at radius 2 is 1.74 bits per heavy atom. The van der Waals surface area contributed by atoms with Crippen LogP contribution in [-0.2, 0) is 0 Å². The number of hydrazone groups is 1. The Bertz CT molecular complexity index is 268. The summed E-state index contributed by atoms with van der Waals surface area (Å²) in [4.78, 5) is 2.42. The summed E-state index contributed by atoms with van der Waals surface area (Å²) in [5, 5.41) is 6.95. The zero-order valence-corrected chi connectivity index (χ0v) is 13.7. The minimum absolute atomic E-state index is 0.353. The van der Waals surface area contributed by atoms with Crippen molar-refractivity contribution in [1.82, 2.24) is 9.91 Å². The first-order valence-electron chi connectivity index (χ1n) is 8.04. The second-order valence-corrected chi connectivity index (χ2v) is 6.94. The van der Waals surface area contributed by atoms with E-state index >= 15 is 0 Å². The molecule has 112 valence electrons. The predicted molar refractivity (Wildman–Crippen MR) is 84.2 cm³/mol. The summed E-state index contributed by atoms with van der Waals surface area (Å²) >= 11 is 0. The van der Waals surface area contributed by atoms with Crippen LogP contribution >= 0.6 is 0 Å². The molecule has 0 spiro atoms. The molecule has 1 aliphatic heterocycles. The third kappa shape index (κ3) is 5.84. The molecule has 1 rings (SSSR count). The van der Waals surface area contributed by atoms with Gasteiger partial charge in [0.15, 0.2) is 0 Å². The van der Waals surface area contributed by atoms with E-state index < -0.39 is 0 Å².